The molecule has 22 heavy (non-hydrogen) atoms. The Morgan fingerprint density at radius 1 is 1.32 bits per heavy atom. The Hall–Kier alpha value is -2.28. The van der Waals surface area contributed by atoms with Crippen molar-refractivity contribution in [2.24, 2.45) is 0 Å². The number of amides is 1. The highest BCUT2D eigenvalue weighted by atomic mass is 32.1. The summed E-state index contributed by atoms with van der Waals surface area (Å²) in [5.74, 6) is 0.0886. The largest absolute Gasteiger partial charge is 0.339 e. The van der Waals surface area contributed by atoms with Gasteiger partial charge in [-0.2, -0.15) is 0 Å². The Labute approximate surface area is 132 Å². The molecule has 0 bridgehead atoms. The average molecular weight is 315 g/mol. The van der Waals surface area contributed by atoms with Crippen molar-refractivity contribution >= 4 is 28.3 Å². The van der Waals surface area contributed by atoms with Gasteiger partial charge in [0, 0.05) is 20.0 Å². The lowest BCUT2D eigenvalue weighted by atomic mass is 10.3. The van der Waals surface area contributed by atoms with Gasteiger partial charge in [0.1, 0.15) is 10.0 Å². The molecule has 0 saturated heterocycles. The first-order valence-corrected chi connectivity index (χ1v) is 7.88. The first kappa shape index (κ1) is 14.6. The van der Waals surface area contributed by atoms with Crippen LogP contribution < -0.4 is 0 Å². The van der Waals surface area contributed by atoms with Gasteiger partial charge in [0.05, 0.1) is 23.9 Å². The van der Waals surface area contributed by atoms with Crippen LogP contribution in [0.5, 0.6) is 0 Å². The van der Waals surface area contributed by atoms with E-state index in [4.69, 9.17) is 0 Å². The third kappa shape index (κ3) is 3.14. The summed E-state index contributed by atoms with van der Waals surface area (Å²) in [5, 5.41) is 9.80. The molecule has 0 spiro atoms. The van der Waals surface area contributed by atoms with Crippen LogP contribution in [-0.4, -0.2) is 37.6 Å². The maximum atomic E-state index is 12.2. The summed E-state index contributed by atoms with van der Waals surface area (Å²) in [6, 6.07) is 7.92. The number of benzene rings is 1. The van der Waals surface area contributed by atoms with Crippen molar-refractivity contribution in [3.8, 4) is 0 Å². The first-order valence-electron chi connectivity index (χ1n) is 7.06. The van der Waals surface area contributed by atoms with Gasteiger partial charge in [0.25, 0.3) is 0 Å². The Morgan fingerprint density at radius 2 is 2.14 bits per heavy atom. The summed E-state index contributed by atoms with van der Waals surface area (Å²) < 4.78 is 2.01. The SMILES string of the molecule is Cc1nnc(CN(C)C(=O)CCn2cnc3ccccc32)s1. The number of nitrogens with zero attached hydrogens (tertiary/aromatic N) is 5. The molecule has 0 aliphatic carbocycles. The van der Waals surface area contributed by atoms with Gasteiger partial charge in [0.15, 0.2) is 0 Å². The second kappa shape index (κ2) is 6.23. The number of imidazole rings is 1. The van der Waals surface area contributed by atoms with Gasteiger partial charge < -0.3 is 9.47 Å². The van der Waals surface area contributed by atoms with E-state index in [2.05, 4.69) is 15.2 Å². The maximum absolute atomic E-state index is 12.2. The summed E-state index contributed by atoms with van der Waals surface area (Å²) in [6.07, 6.45) is 2.22. The number of para-hydroxylation sites is 2. The minimum atomic E-state index is 0.0886. The lowest BCUT2D eigenvalue weighted by Crippen LogP contribution is -2.27. The summed E-state index contributed by atoms with van der Waals surface area (Å²) in [5.41, 5.74) is 2.00. The zero-order valence-corrected chi connectivity index (χ0v) is 13.4. The average Bonchev–Trinajstić information content (AvgIpc) is 3.11. The lowest BCUT2D eigenvalue weighted by molar-refractivity contribution is -0.130. The van der Waals surface area contributed by atoms with Gasteiger partial charge in [-0.25, -0.2) is 4.98 Å². The van der Waals surface area contributed by atoms with Crippen LogP contribution in [0, 0.1) is 6.92 Å². The van der Waals surface area contributed by atoms with Crippen LogP contribution in [0.4, 0.5) is 0 Å². The lowest BCUT2D eigenvalue weighted by Gasteiger charge is -2.15. The van der Waals surface area contributed by atoms with Crippen molar-refractivity contribution in [1.29, 1.82) is 0 Å². The Morgan fingerprint density at radius 3 is 2.91 bits per heavy atom. The van der Waals surface area contributed by atoms with E-state index in [9.17, 15) is 4.79 Å². The third-order valence-electron chi connectivity index (χ3n) is 3.46. The standard InChI is InChI=1S/C15H17N5OS/c1-11-17-18-14(22-11)9-19(2)15(21)7-8-20-10-16-12-5-3-4-6-13(12)20/h3-6,10H,7-9H2,1-2H3. The quantitative estimate of drug-likeness (QED) is 0.724. The zero-order valence-electron chi connectivity index (χ0n) is 12.6. The van der Waals surface area contributed by atoms with Crippen LogP contribution >= 0.6 is 11.3 Å². The molecular formula is C15H17N5OS. The highest BCUT2D eigenvalue weighted by Crippen LogP contribution is 2.13. The highest BCUT2D eigenvalue weighted by Gasteiger charge is 2.12. The van der Waals surface area contributed by atoms with E-state index in [1.54, 1.807) is 18.3 Å². The highest BCUT2D eigenvalue weighted by molar-refractivity contribution is 7.11. The van der Waals surface area contributed by atoms with E-state index in [-0.39, 0.29) is 5.91 Å². The van der Waals surface area contributed by atoms with Gasteiger partial charge in [-0.15, -0.1) is 10.2 Å². The molecule has 3 rings (SSSR count). The van der Waals surface area contributed by atoms with Crippen LogP contribution in [0.2, 0.25) is 0 Å². The molecule has 0 unspecified atom stereocenters. The molecule has 1 aromatic carbocycles. The van der Waals surface area contributed by atoms with Crippen molar-refractivity contribution in [2.75, 3.05) is 7.05 Å². The molecule has 0 saturated carbocycles. The molecule has 6 nitrogen and oxygen atoms in total. The second-order valence-electron chi connectivity index (χ2n) is 5.14. The predicted octanol–water partition coefficient (Wildman–Crippen LogP) is 2.24. The van der Waals surface area contributed by atoms with Crippen molar-refractivity contribution in [2.45, 2.75) is 26.4 Å². The predicted molar refractivity (Wildman–Crippen MR) is 85.5 cm³/mol. The number of rotatable bonds is 5. The molecular weight excluding hydrogens is 298 g/mol. The molecule has 0 fully saturated rings. The fourth-order valence-corrected chi connectivity index (χ4v) is 3.05. The molecule has 0 aliphatic heterocycles. The van der Waals surface area contributed by atoms with Gasteiger partial charge in [-0.05, 0) is 19.1 Å². The number of carbonyl (C=O) groups is 1. The number of aryl methyl sites for hydroxylation is 2. The molecule has 0 N–H and O–H groups in total. The Balaban J connectivity index is 1.59. The Kier molecular flexibility index (Phi) is 4.15. The molecule has 0 aliphatic rings. The van der Waals surface area contributed by atoms with Crippen molar-refractivity contribution in [3.05, 3.63) is 40.6 Å². The van der Waals surface area contributed by atoms with Crippen LogP contribution in [0.15, 0.2) is 30.6 Å². The second-order valence-corrected chi connectivity index (χ2v) is 6.41. The van der Waals surface area contributed by atoms with Gasteiger partial charge in [-0.3, -0.25) is 4.79 Å². The molecule has 3 aromatic rings. The van der Waals surface area contributed by atoms with Crippen molar-refractivity contribution in [3.63, 3.8) is 0 Å². The summed E-state index contributed by atoms with van der Waals surface area (Å²) in [7, 11) is 1.80. The van der Waals surface area contributed by atoms with E-state index < -0.39 is 0 Å². The monoisotopic (exact) mass is 315 g/mol. The molecule has 2 heterocycles. The smallest absolute Gasteiger partial charge is 0.224 e. The number of hydrogen-bond acceptors (Lipinski definition) is 5. The van der Waals surface area contributed by atoms with E-state index in [0.717, 1.165) is 21.0 Å². The summed E-state index contributed by atoms with van der Waals surface area (Å²) in [6.45, 7) is 3.04. The van der Waals surface area contributed by atoms with Crippen LogP contribution in [0.1, 0.15) is 16.4 Å². The van der Waals surface area contributed by atoms with E-state index in [1.165, 1.54) is 11.3 Å². The topological polar surface area (TPSA) is 63.9 Å². The van der Waals surface area contributed by atoms with E-state index in [1.807, 2.05) is 35.8 Å². The zero-order chi connectivity index (χ0) is 15.5. The molecule has 0 radical (unpaired) electrons. The summed E-state index contributed by atoms with van der Waals surface area (Å²) in [4.78, 5) is 18.3. The fourth-order valence-electron chi connectivity index (χ4n) is 2.29. The summed E-state index contributed by atoms with van der Waals surface area (Å²) >= 11 is 1.52. The number of aromatic nitrogens is 4. The van der Waals surface area contributed by atoms with Crippen LogP contribution in [0.3, 0.4) is 0 Å². The minimum absolute atomic E-state index is 0.0886. The van der Waals surface area contributed by atoms with Crippen molar-refractivity contribution < 1.29 is 4.79 Å². The molecule has 1 amide bonds. The van der Waals surface area contributed by atoms with Crippen LogP contribution in [0.25, 0.3) is 11.0 Å². The molecule has 2 aromatic heterocycles. The van der Waals surface area contributed by atoms with E-state index in [0.29, 0.717) is 19.5 Å². The fraction of sp³-hybridized carbons (Fsp3) is 0.333. The van der Waals surface area contributed by atoms with Crippen LogP contribution in [-0.2, 0) is 17.9 Å². The van der Waals surface area contributed by atoms with Gasteiger partial charge >= 0.3 is 0 Å². The Bertz CT molecular complexity index is 794. The molecule has 7 heteroatoms. The number of hydrogen-bond donors (Lipinski definition) is 0. The maximum Gasteiger partial charge on any atom is 0.224 e. The van der Waals surface area contributed by atoms with E-state index >= 15 is 0 Å². The molecule has 114 valence electrons. The normalized spacial score (nSPS) is 11.0. The minimum Gasteiger partial charge on any atom is -0.339 e. The van der Waals surface area contributed by atoms with Crippen molar-refractivity contribution in [1.82, 2.24) is 24.6 Å². The number of carbonyl (C=O) groups excluding carboxylic acids is 1. The third-order valence-corrected chi connectivity index (χ3v) is 4.28. The van der Waals surface area contributed by atoms with Gasteiger partial charge in [-0.1, -0.05) is 23.5 Å². The number of fused-ring (bicyclic) bond motifs is 1. The first-order chi connectivity index (χ1) is 10.6. The van der Waals surface area contributed by atoms with Gasteiger partial charge in [0.2, 0.25) is 5.91 Å². The molecule has 0 atom stereocenters.